The van der Waals surface area contributed by atoms with Gasteiger partial charge in [-0.1, -0.05) is 27.7 Å². The number of nitrogen functional groups attached to an aromatic ring is 1. The Balaban J connectivity index is 2.87. The van der Waals surface area contributed by atoms with Crippen molar-refractivity contribution in [3.8, 4) is 5.88 Å². The van der Waals surface area contributed by atoms with Crippen molar-refractivity contribution < 1.29 is 4.74 Å². The Morgan fingerprint density at radius 1 is 1.20 bits per heavy atom. The van der Waals surface area contributed by atoms with Gasteiger partial charge in [-0.25, -0.2) is 4.98 Å². The maximum atomic E-state index is 6.08. The van der Waals surface area contributed by atoms with Crippen LogP contribution in [0.1, 0.15) is 54.4 Å². The molecule has 0 fully saturated rings. The summed E-state index contributed by atoms with van der Waals surface area (Å²) in [6.07, 6.45) is 3.40. The van der Waals surface area contributed by atoms with E-state index < -0.39 is 0 Å². The zero-order chi connectivity index (χ0) is 15.4. The molecule has 1 heterocycles. The number of ether oxygens (including phenoxy) is 1. The van der Waals surface area contributed by atoms with Gasteiger partial charge in [0.25, 0.3) is 0 Å². The second kappa shape index (κ2) is 6.29. The van der Waals surface area contributed by atoms with Crippen LogP contribution in [0.3, 0.4) is 0 Å². The molecule has 20 heavy (non-hydrogen) atoms. The van der Waals surface area contributed by atoms with Crippen molar-refractivity contribution in [1.29, 1.82) is 0 Å². The average molecular weight is 280 g/mol. The molecule has 1 aromatic heterocycles. The van der Waals surface area contributed by atoms with E-state index in [9.17, 15) is 0 Å². The Morgan fingerprint density at radius 2 is 1.85 bits per heavy atom. The van der Waals surface area contributed by atoms with Gasteiger partial charge in [-0.2, -0.15) is 4.98 Å². The van der Waals surface area contributed by atoms with E-state index in [0.717, 1.165) is 12.8 Å². The van der Waals surface area contributed by atoms with E-state index >= 15 is 0 Å². The summed E-state index contributed by atoms with van der Waals surface area (Å²) in [7, 11) is 0. The number of hydrogen-bond acceptors (Lipinski definition) is 5. The van der Waals surface area contributed by atoms with Crippen LogP contribution in [-0.4, -0.2) is 22.1 Å². The fraction of sp³-hybridized carbons (Fsp3) is 0.733. The molecule has 0 amide bonds. The van der Waals surface area contributed by atoms with Crippen molar-refractivity contribution in [2.75, 3.05) is 17.7 Å². The Morgan fingerprint density at radius 3 is 2.40 bits per heavy atom. The van der Waals surface area contributed by atoms with Crippen LogP contribution in [-0.2, 0) is 0 Å². The average Bonchev–Trinajstić information content (AvgIpc) is 2.27. The Bertz CT molecular complexity index is 438. The van der Waals surface area contributed by atoms with Gasteiger partial charge in [0, 0.05) is 5.54 Å². The number of rotatable bonds is 6. The zero-order valence-corrected chi connectivity index (χ0v) is 13.6. The molecule has 0 spiro atoms. The lowest BCUT2D eigenvalue weighted by molar-refractivity contribution is 0.300. The van der Waals surface area contributed by atoms with E-state index in [1.807, 2.05) is 6.92 Å². The second-order valence-electron chi connectivity index (χ2n) is 7.04. The third-order valence-corrected chi connectivity index (χ3v) is 2.72. The molecule has 0 aromatic carbocycles. The summed E-state index contributed by atoms with van der Waals surface area (Å²) in [5.74, 6) is 1.09. The maximum Gasteiger partial charge on any atom is 0.242 e. The summed E-state index contributed by atoms with van der Waals surface area (Å²) in [5.41, 5.74) is 6.67. The van der Waals surface area contributed by atoms with Crippen molar-refractivity contribution in [1.82, 2.24) is 9.97 Å². The maximum absolute atomic E-state index is 6.08. The first-order valence-corrected chi connectivity index (χ1v) is 7.16. The van der Waals surface area contributed by atoms with Crippen molar-refractivity contribution in [2.45, 2.75) is 59.9 Å². The monoisotopic (exact) mass is 280 g/mol. The molecular formula is C15H28N4O. The molecule has 0 bridgehead atoms. The first kappa shape index (κ1) is 16.5. The summed E-state index contributed by atoms with van der Waals surface area (Å²) in [6.45, 7) is 13.6. The molecule has 0 radical (unpaired) electrons. The lowest BCUT2D eigenvalue weighted by atomic mass is 9.82. The van der Waals surface area contributed by atoms with Crippen LogP contribution in [0, 0.1) is 5.41 Å². The van der Waals surface area contributed by atoms with Gasteiger partial charge in [0.2, 0.25) is 5.88 Å². The number of hydrogen-bond donors (Lipinski definition) is 2. The number of nitrogens with zero attached hydrogens (tertiary/aromatic N) is 2. The van der Waals surface area contributed by atoms with E-state index in [1.165, 1.54) is 6.33 Å². The smallest absolute Gasteiger partial charge is 0.242 e. The first-order valence-electron chi connectivity index (χ1n) is 7.16. The van der Waals surface area contributed by atoms with Crippen molar-refractivity contribution >= 4 is 11.5 Å². The molecule has 0 atom stereocenters. The highest BCUT2D eigenvalue weighted by Gasteiger charge is 2.26. The minimum Gasteiger partial charge on any atom is -0.476 e. The van der Waals surface area contributed by atoms with Gasteiger partial charge in [-0.05, 0) is 32.1 Å². The molecule has 3 N–H and O–H groups in total. The van der Waals surface area contributed by atoms with Crippen LogP contribution in [0.4, 0.5) is 11.5 Å². The highest BCUT2D eigenvalue weighted by molar-refractivity contribution is 5.67. The van der Waals surface area contributed by atoms with E-state index in [1.54, 1.807) is 0 Å². The molecule has 5 heteroatoms. The molecule has 1 aromatic rings. The van der Waals surface area contributed by atoms with Crippen LogP contribution >= 0.6 is 0 Å². The van der Waals surface area contributed by atoms with E-state index in [-0.39, 0.29) is 11.0 Å². The van der Waals surface area contributed by atoms with Crippen LogP contribution in [0.15, 0.2) is 6.33 Å². The summed E-state index contributed by atoms with van der Waals surface area (Å²) in [6, 6.07) is 0. The standard InChI is InChI=1S/C15H28N4O/c1-7-8-20-13-11(16)12(17-10-18-13)19-15(5,6)9-14(2,3)4/h10H,7-9,16H2,1-6H3,(H,17,18,19). The Hall–Kier alpha value is -1.52. The van der Waals surface area contributed by atoms with Crippen molar-refractivity contribution in [3.05, 3.63) is 6.33 Å². The Labute approximate surface area is 122 Å². The third-order valence-electron chi connectivity index (χ3n) is 2.72. The lowest BCUT2D eigenvalue weighted by Gasteiger charge is -2.34. The fourth-order valence-corrected chi connectivity index (χ4v) is 2.48. The quantitative estimate of drug-likeness (QED) is 0.834. The topological polar surface area (TPSA) is 73.1 Å². The predicted octanol–water partition coefficient (Wildman–Crippen LogP) is 3.47. The SMILES string of the molecule is CCCOc1ncnc(NC(C)(C)CC(C)(C)C)c1N. The van der Waals surface area contributed by atoms with Crippen molar-refractivity contribution in [2.24, 2.45) is 5.41 Å². The molecule has 114 valence electrons. The molecule has 0 saturated heterocycles. The highest BCUT2D eigenvalue weighted by Crippen LogP contribution is 2.32. The van der Waals surface area contributed by atoms with Gasteiger partial charge in [-0.3, -0.25) is 0 Å². The van der Waals surface area contributed by atoms with Crippen LogP contribution < -0.4 is 15.8 Å². The number of nitrogens with two attached hydrogens (primary N) is 1. The van der Waals surface area contributed by atoms with E-state index in [0.29, 0.717) is 24.0 Å². The molecule has 0 saturated carbocycles. The molecular weight excluding hydrogens is 252 g/mol. The zero-order valence-electron chi connectivity index (χ0n) is 13.6. The van der Waals surface area contributed by atoms with E-state index in [4.69, 9.17) is 10.5 Å². The summed E-state index contributed by atoms with van der Waals surface area (Å²) >= 11 is 0. The number of anilines is 2. The van der Waals surface area contributed by atoms with Gasteiger partial charge >= 0.3 is 0 Å². The molecule has 0 aliphatic carbocycles. The number of nitrogens with one attached hydrogen (secondary N) is 1. The van der Waals surface area contributed by atoms with Crippen LogP contribution in [0.25, 0.3) is 0 Å². The summed E-state index contributed by atoms with van der Waals surface area (Å²) in [4.78, 5) is 8.32. The number of aromatic nitrogens is 2. The molecule has 1 rings (SSSR count). The molecule has 0 unspecified atom stereocenters. The Kier molecular flexibility index (Phi) is 5.20. The largest absolute Gasteiger partial charge is 0.476 e. The van der Waals surface area contributed by atoms with Crippen LogP contribution in [0.2, 0.25) is 0 Å². The van der Waals surface area contributed by atoms with Crippen molar-refractivity contribution in [3.63, 3.8) is 0 Å². The van der Waals surface area contributed by atoms with Gasteiger partial charge in [0.1, 0.15) is 12.0 Å². The molecule has 0 aliphatic heterocycles. The fourth-order valence-electron chi connectivity index (χ4n) is 2.48. The normalized spacial score (nSPS) is 12.3. The van der Waals surface area contributed by atoms with Gasteiger partial charge in [0.15, 0.2) is 5.82 Å². The minimum absolute atomic E-state index is 0.108. The molecule has 0 aliphatic rings. The predicted molar refractivity (Wildman–Crippen MR) is 84.0 cm³/mol. The third kappa shape index (κ3) is 5.23. The highest BCUT2D eigenvalue weighted by atomic mass is 16.5. The second-order valence-corrected chi connectivity index (χ2v) is 7.04. The van der Waals surface area contributed by atoms with E-state index in [2.05, 4.69) is 49.9 Å². The van der Waals surface area contributed by atoms with Gasteiger partial charge < -0.3 is 15.8 Å². The minimum atomic E-state index is -0.108. The van der Waals surface area contributed by atoms with Crippen LogP contribution in [0.5, 0.6) is 5.88 Å². The molecule has 5 nitrogen and oxygen atoms in total. The lowest BCUT2D eigenvalue weighted by Crippen LogP contribution is -2.36. The van der Waals surface area contributed by atoms with Gasteiger partial charge in [0.05, 0.1) is 6.61 Å². The summed E-state index contributed by atoms with van der Waals surface area (Å²) in [5, 5.41) is 3.40. The first-order chi connectivity index (χ1) is 9.14. The van der Waals surface area contributed by atoms with Gasteiger partial charge in [-0.15, -0.1) is 0 Å². The summed E-state index contributed by atoms with van der Waals surface area (Å²) < 4.78 is 5.53.